The van der Waals surface area contributed by atoms with E-state index in [4.69, 9.17) is 9.47 Å². The zero-order valence-corrected chi connectivity index (χ0v) is 29.4. The van der Waals surface area contributed by atoms with Gasteiger partial charge in [-0.15, -0.1) is 0 Å². The Morgan fingerprint density at radius 3 is 2.02 bits per heavy atom. The van der Waals surface area contributed by atoms with Gasteiger partial charge in [-0.1, -0.05) is 105 Å². The molecule has 3 aromatic carbocycles. The van der Waals surface area contributed by atoms with Crippen molar-refractivity contribution >= 4 is 29.0 Å². The van der Waals surface area contributed by atoms with E-state index in [9.17, 15) is 19.5 Å². The number of hydrogen-bond donors (Lipinski definition) is 4. The molecule has 270 valence electrons. The van der Waals surface area contributed by atoms with Gasteiger partial charge < -0.3 is 30.5 Å². The fourth-order valence-electron chi connectivity index (χ4n) is 5.85. The molecule has 52 heavy (non-hydrogen) atoms. The maximum atomic E-state index is 13.8. The number of hydrogen-bond acceptors (Lipinski definition) is 8. The Balaban J connectivity index is 1.26. The summed E-state index contributed by atoms with van der Waals surface area (Å²) in [6.07, 6.45) is 1.56. The molecule has 2 aromatic heterocycles. The van der Waals surface area contributed by atoms with Crippen molar-refractivity contribution < 1.29 is 29.0 Å². The molecule has 0 saturated heterocycles. The average molecular weight is 704 g/mol. The molecule has 0 unspecified atom stereocenters. The van der Waals surface area contributed by atoms with Gasteiger partial charge in [-0.05, 0) is 54.5 Å². The van der Waals surface area contributed by atoms with Crippen LogP contribution in [0.1, 0.15) is 42.7 Å². The van der Waals surface area contributed by atoms with E-state index in [2.05, 4.69) is 25.9 Å². The van der Waals surface area contributed by atoms with Crippen molar-refractivity contribution in [3.05, 3.63) is 144 Å². The minimum atomic E-state index is -1.08. The first-order valence-corrected chi connectivity index (χ1v) is 17.4. The van der Waals surface area contributed by atoms with Crippen LogP contribution in [0.4, 0.5) is 9.59 Å². The second kappa shape index (κ2) is 19.0. The minimum absolute atomic E-state index is 0.0192. The second-order valence-electron chi connectivity index (χ2n) is 13.0. The Bertz CT molecular complexity index is 1880. The summed E-state index contributed by atoms with van der Waals surface area (Å²) in [5.41, 5.74) is 3.95. The lowest BCUT2D eigenvalue weighted by atomic mass is 9.93. The Morgan fingerprint density at radius 1 is 0.692 bits per heavy atom. The number of para-hydroxylation sites is 1. The number of fused-ring (bicyclic) bond motifs is 1. The molecular weight excluding hydrogens is 658 g/mol. The zero-order valence-electron chi connectivity index (χ0n) is 29.4. The van der Waals surface area contributed by atoms with Crippen LogP contribution in [0.25, 0.3) is 10.9 Å². The van der Waals surface area contributed by atoms with Gasteiger partial charge in [-0.2, -0.15) is 0 Å². The molecule has 5 rings (SSSR count). The highest BCUT2D eigenvalue weighted by atomic mass is 16.6. The van der Waals surface area contributed by atoms with Crippen molar-refractivity contribution in [2.45, 2.75) is 70.6 Å². The van der Waals surface area contributed by atoms with Crippen molar-refractivity contribution in [3.8, 4) is 0 Å². The highest BCUT2D eigenvalue weighted by Crippen LogP contribution is 2.16. The molecule has 3 amide bonds. The van der Waals surface area contributed by atoms with Crippen molar-refractivity contribution in [2.75, 3.05) is 0 Å². The number of nitrogens with one attached hydrogen (secondary N) is 3. The summed E-state index contributed by atoms with van der Waals surface area (Å²) in [6, 6.07) is 31.8. The fourth-order valence-corrected chi connectivity index (χ4v) is 5.85. The van der Waals surface area contributed by atoms with E-state index in [0.717, 1.165) is 27.6 Å². The minimum Gasteiger partial charge on any atom is -0.445 e. The quantitative estimate of drug-likeness (QED) is 0.0993. The van der Waals surface area contributed by atoms with Gasteiger partial charge in [0.25, 0.3) is 0 Å². The SMILES string of the molecule is CC(C)[C@H](NC(=O)OCc1ccc2ccccc2n1)C(=O)N[C@H](Cc1ccccc1)C[C@H](O)[C@H](Cc1ccccc1)NC(=O)OCc1cccnc1. The van der Waals surface area contributed by atoms with Crippen LogP contribution in [-0.2, 0) is 40.3 Å². The summed E-state index contributed by atoms with van der Waals surface area (Å²) in [5.74, 6) is -0.705. The Kier molecular flexibility index (Phi) is 13.7. The predicted molar refractivity (Wildman–Crippen MR) is 198 cm³/mol. The number of nitrogens with zero attached hydrogens (tertiary/aromatic N) is 2. The molecular formula is C41H45N5O6. The number of alkyl carbamates (subject to hydrolysis) is 2. The predicted octanol–water partition coefficient (Wildman–Crippen LogP) is 5.90. The van der Waals surface area contributed by atoms with Gasteiger partial charge in [0.15, 0.2) is 0 Å². The number of aliphatic hydroxyl groups excluding tert-OH is 1. The summed E-state index contributed by atoms with van der Waals surface area (Å²) in [5, 5.41) is 21.3. The first-order chi connectivity index (χ1) is 25.2. The third-order valence-electron chi connectivity index (χ3n) is 8.59. The maximum Gasteiger partial charge on any atom is 0.408 e. The molecule has 11 heteroatoms. The van der Waals surface area contributed by atoms with Crippen molar-refractivity contribution in [1.29, 1.82) is 0 Å². The number of pyridine rings is 2. The number of benzene rings is 3. The van der Waals surface area contributed by atoms with Crippen molar-refractivity contribution in [3.63, 3.8) is 0 Å². The molecule has 4 N–H and O–H groups in total. The number of rotatable bonds is 16. The number of carbonyl (C=O) groups excluding carboxylic acids is 3. The molecule has 4 atom stereocenters. The van der Waals surface area contributed by atoms with Crippen LogP contribution in [0.3, 0.4) is 0 Å². The standard InChI is InChI=1S/C41H45N5O6/c1-28(2)38(46-41(50)52-27-33-20-19-32-17-9-10-18-35(32)43-33)39(48)44-34(22-29-12-5-3-6-13-29)24-37(47)36(23-30-14-7-4-8-15-30)45-40(49)51-26-31-16-11-21-42-25-31/h3-21,25,28,34,36-38,47H,22-24,26-27H2,1-2H3,(H,44,48)(H,45,49)(H,46,50)/t34-,36+,37+,38+/m1/s1. The number of ether oxygens (including phenoxy) is 2. The first-order valence-electron chi connectivity index (χ1n) is 17.4. The van der Waals surface area contributed by atoms with Gasteiger partial charge >= 0.3 is 12.2 Å². The lowest BCUT2D eigenvalue weighted by Crippen LogP contribution is -2.54. The van der Waals surface area contributed by atoms with Gasteiger partial charge in [0.05, 0.1) is 23.4 Å². The van der Waals surface area contributed by atoms with Crippen molar-refractivity contribution in [1.82, 2.24) is 25.9 Å². The van der Waals surface area contributed by atoms with Gasteiger partial charge in [-0.25, -0.2) is 14.6 Å². The van der Waals surface area contributed by atoms with Gasteiger partial charge in [0, 0.05) is 29.4 Å². The topological polar surface area (TPSA) is 152 Å². The van der Waals surface area contributed by atoms with E-state index in [-0.39, 0.29) is 25.6 Å². The van der Waals surface area contributed by atoms with E-state index < -0.39 is 42.3 Å². The van der Waals surface area contributed by atoms with E-state index in [1.165, 1.54) is 0 Å². The molecule has 0 aliphatic heterocycles. The lowest BCUT2D eigenvalue weighted by Gasteiger charge is -2.30. The molecule has 11 nitrogen and oxygen atoms in total. The van der Waals surface area contributed by atoms with Crippen LogP contribution >= 0.6 is 0 Å². The molecule has 0 radical (unpaired) electrons. The smallest absolute Gasteiger partial charge is 0.408 e. The van der Waals surface area contributed by atoms with Crippen LogP contribution < -0.4 is 16.0 Å². The number of carbonyl (C=O) groups is 3. The Morgan fingerprint density at radius 2 is 1.33 bits per heavy atom. The van der Waals surface area contributed by atoms with Gasteiger partial charge in [0.1, 0.15) is 19.3 Å². The van der Waals surface area contributed by atoms with Gasteiger partial charge in [-0.3, -0.25) is 9.78 Å². The highest BCUT2D eigenvalue weighted by Gasteiger charge is 2.30. The molecule has 2 heterocycles. The average Bonchev–Trinajstić information content (AvgIpc) is 3.16. The number of aliphatic hydroxyl groups is 1. The van der Waals surface area contributed by atoms with Crippen LogP contribution in [-0.4, -0.2) is 57.4 Å². The Hall–Kier alpha value is -5.81. The highest BCUT2D eigenvalue weighted by molar-refractivity contribution is 5.86. The van der Waals surface area contributed by atoms with E-state index >= 15 is 0 Å². The number of aromatic nitrogens is 2. The summed E-state index contributed by atoms with van der Waals surface area (Å²) >= 11 is 0. The van der Waals surface area contributed by atoms with Crippen LogP contribution in [0.2, 0.25) is 0 Å². The zero-order chi connectivity index (χ0) is 36.7. The van der Waals surface area contributed by atoms with E-state index in [1.807, 2.05) is 105 Å². The molecule has 0 spiro atoms. The molecule has 0 aliphatic carbocycles. The van der Waals surface area contributed by atoms with Crippen LogP contribution in [0.5, 0.6) is 0 Å². The first kappa shape index (κ1) is 37.4. The summed E-state index contributed by atoms with van der Waals surface area (Å²) in [7, 11) is 0. The molecule has 5 aromatic rings. The summed E-state index contributed by atoms with van der Waals surface area (Å²) in [6.45, 7) is 3.61. The van der Waals surface area contributed by atoms with E-state index in [0.29, 0.717) is 18.5 Å². The maximum absolute atomic E-state index is 13.8. The Labute approximate surface area is 303 Å². The normalized spacial score (nSPS) is 13.4. The molecule has 0 bridgehead atoms. The van der Waals surface area contributed by atoms with E-state index in [1.54, 1.807) is 30.6 Å². The summed E-state index contributed by atoms with van der Waals surface area (Å²) < 4.78 is 10.9. The van der Waals surface area contributed by atoms with Crippen LogP contribution in [0.15, 0.2) is 122 Å². The third kappa shape index (κ3) is 11.6. The number of amides is 3. The molecule has 0 aliphatic rings. The lowest BCUT2D eigenvalue weighted by molar-refractivity contribution is -0.125. The van der Waals surface area contributed by atoms with Crippen LogP contribution in [0, 0.1) is 5.92 Å². The second-order valence-corrected chi connectivity index (χ2v) is 13.0. The van der Waals surface area contributed by atoms with Crippen molar-refractivity contribution in [2.24, 2.45) is 5.92 Å². The largest absolute Gasteiger partial charge is 0.445 e. The van der Waals surface area contributed by atoms with Gasteiger partial charge in [0.2, 0.25) is 5.91 Å². The third-order valence-corrected chi connectivity index (χ3v) is 8.59. The monoisotopic (exact) mass is 703 g/mol. The molecule has 0 saturated carbocycles. The summed E-state index contributed by atoms with van der Waals surface area (Å²) in [4.78, 5) is 48.3. The molecule has 0 fully saturated rings. The fraction of sp³-hybridized carbons (Fsp3) is 0.293.